The largest absolute Gasteiger partial charge is 0.433 e. The van der Waals surface area contributed by atoms with Crippen molar-refractivity contribution in [2.45, 2.75) is 25.9 Å². The van der Waals surface area contributed by atoms with Crippen LogP contribution in [0, 0.1) is 12.8 Å². The van der Waals surface area contributed by atoms with Crippen molar-refractivity contribution in [3.63, 3.8) is 0 Å². The highest BCUT2D eigenvalue weighted by atomic mass is 32.2. The first-order valence-corrected chi connectivity index (χ1v) is 7.81. The minimum atomic E-state index is -4.55. The van der Waals surface area contributed by atoms with Gasteiger partial charge >= 0.3 is 16.4 Å². The van der Waals surface area contributed by atoms with Crippen LogP contribution in [0.3, 0.4) is 0 Å². The van der Waals surface area contributed by atoms with Gasteiger partial charge in [-0.3, -0.25) is 4.72 Å². The quantitative estimate of drug-likeness (QED) is 0.905. The molecule has 9 heteroatoms. The Labute approximate surface area is 121 Å². The van der Waals surface area contributed by atoms with Gasteiger partial charge in [0.05, 0.1) is 11.9 Å². The van der Waals surface area contributed by atoms with Gasteiger partial charge in [-0.05, 0) is 37.3 Å². The molecule has 0 bridgehead atoms. The third-order valence-corrected chi connectivity index (χ3v) is 4.71. The van der Waals surface area contributed by atoms with Crippen LogP contribution in [-0.2, 0) is 16.4 Å². The fourth-order valence-electron chi connectivity index (χ4n) is 1.80. The van der Waals surface area contributed by atoms with Crippen LogP contribution in [0.1, 0.15) is 24.1 Å². The lowest BCUT2D eigenvalue weighted by molar-refractivity contribution is -0.141. The summed E-state index contributed by atoms with van der Waals surface area (Å²) < 4.78 is 65.1. The van der Waals surface area contributed by atoms with E-state index in [2.05, 4.69) is 9.71 Å². The molecule has 1 aliphatic carbocycles. The molecule has 5 nitrogen and oxygen atoms in total. The molecule has 0 radical (unpaired) electrons. The molecule has 0 atom stereocenters. The fraction of sp³-hybridized carbons (Fsp3) is 0.583. The van der Waals surface area contributed by atoms with Gasteiger partial charge in [-0.25, -0.2) is 4.98 Å². The highest BCUT2D eigenvalue weighted by Crippen LogP contribution is 2.31. The molecule has 0 spiro atoms. The molecule has 2 rings (SSSR count). The van der Waals surface area contributed by atoms with E-state index >= 15 is 0 Å². The first kappa shape index (κ1) is 16.0. The van der Waals surface area contributed by atoms with Crippen LogP contribution in [0.15, 0.2) is 12.3 Å². The molecule has 1 aromatic heterocycles. The highest BCUT2D eigenvalue weighted by Gasteiger charge is 2.33. The Kier molecular flexibility index (Phi) is 4.16. The summed E-state index contributed by atoms with van der Waals surface area (Å²) in [5, 5.41) is 0. The second-order valence-electron chi connectivity index (χ2n) is 5.21. The summed E-state index contributed by atoms with van der Waals surface area (Å²) in [6, 6.07) is 0.818. The van der Waals surface area contributed by atoms with Gasteiger partial charge in [0.1, 0.15) is 5.69 Å². The zero-order valence-electron chi connectivity index (χ0n) is 11.6. The number of rotatable bonds is 5. The summed E-state index contributed by atoms with van der Waals surface area (Å²) in [4.78, 5) is 3.26. The number of pyridine rings is 1. The SMILES string of the molecule is Cc1cc(C(F)(F)F)ncc1NS(=O)(=O)N(C)CC1CC1. The maximum absolute atomic E-state index is 12.5. The average Bonchev–Trinajstić information content (AvgIpc) is 3.14. The summed E-state index contributed by atoms with van der Waals surface area (Å²) in [6.07, 6.45) is -1.66. The lowest BCUT2D eigenvalue weighted by atomic mass is 10.2. The van der Waals surface area contributed by atoms with E-state index in [0.717, 1.165) is 25.1 Å². The number of hydrogen-bond acceptors (Lipinski definition) is 3. The second-order valence-corrected chi connectivity index (χ2v) is 6.99. The topological polar surface area (TPSA) is 62.3 Å². The zero-order chi connectivity index (χ0) is 15.8. The number of anilines is 1. The second kappa shape index (κ2) is 5.45. The Morgan fingerprint density at radius 2 is 2.05 bits per heavy atom. The van der Waals surface area contributed by atoms with Crippen molar-refractivity contribution >= 4 is 15.9 Å². The van der Waals surface area contributed by atoms with Gasteiger partial charge in [-0.1, -0.05) is 0 Å². The van der Waals surface area contributed by atoms with Crippen LogP contribution < -0.4 is 4.72 Å². The molecule has 0 aliphatic heterocycles. The number of aryl methyl sites for hydroxylation is 1. The monoisotopic (exact) mass is 323 g/mol. The normalized spacial score (nSPS) is 16.3. The van der Waals surface area contributed by atoms with Crippen molar-refractivity contribution in [3.8, 4) is 0 Å². The van der Waals surface area contributed by atoms with Gasteiger partial charge in [-0.2, -0.15) is 25.9 Å². The van der Waals surface area contributed by atoms with Crippen molar-refractivity contribution in [1.29, 1.82) is 0 Å². The van der Waals surface area contributed by atoms with E-state index in [9.17, 15) is 21.6 Å². The number of hydrogen-bond donors (Lipinski definition) is 1. The van der Waals surface area contributed by atoms with Crippen molar-refractivity contribution in [2.75, 3.05) is 18.3 Å². The summed E-state index contributed by atoms with van der Waals surface area (Å²) in [5.41, 5.74) is -0.833. The Morgan fingerprint density at radius 3 is 2.52 bits per heavy atom. The molecule has 0 unspecified atom stereocenters. The van der Waals surface area contributed by atoms with Crippen molar-refractivity contribution < 1.29 is 21.6 Å². The van der Waals surface area contributed by atoms with Crippen LogP contribution in [0.2, 0.25) is 0 Å². The summed E-state index contributed by atoms with van der Waals surface area (Å²) in [5.74, 6) is 0.374. The Morgan fingerprint density at radius 1 is 1.43 bits per heavy atom. The van der Waals surface area contributed by atoms with Crippen LogP contribution >= 0.6 is 0 Å². The van der Waals surface area contributed by atoms with Gasteiger partial charge < -0.3 is 0 Å². The molecule has 118 valence electrons. The van der Waals surface area contributed by atoms with Crippen molar-refractivity contribution in [2.24, 2.45) is 5.92 Å². The molecular formula is C12H16F3N3O2S. The minimum Gasteiger partial charge on any atom is -0.269 e. The maximum atomic E-state index is 12.5. The molecule has 1 aromatic rings. The van der Waals surface area contributed by atoms with Crippen molar-refractivity contribution in [3.05, 3.63) is 23.5 Å². The fourth-order valence-corrected chi connectivity index (χ4v) is 2.85. The molecule has 1 aliphatic rings. The van der Waals surface area contributed by atoms with Crippen molar-refractivity contribution in [1.82, 2.24) is 9.29 Å². The number of halogens is 3. The molecule has 1 heterocycles. The van der Waals surface area contributed by atoms with Gasteiger partial charge in [-0.15, -0.1) is 0 Å². The molecule has 0 saturated heterocycles. The lowest BCUT2D eigenvalue weighted by Gasteiger charge is -2.19. The van der Waals surface area contributed by atoms with E-state index in [0.29, 0.717) is 12.5 Å². The smallest absolute Gasteiger partial charge is 0.269 e. The molecular weight excluding hydrogens is 307 g/mol. The van der Waals surface area contributed by atoms with E-state index in [1.165, 1.54) is 18.3 Å². The van der Waals surface area contributed by atoms with E-state index in [4.69, 9.17) is 0 Å². The van der Waals surface area contributed by atoms with E-state index in [-0.39, 0.29) is 11.3 Å². The minimum absolute atomic E-state index is 0.0469. The molecule has 1 N–H and O–H groups in total. The Balaban J connectivity index is 2.15. The predicted molar refractivity (Wildman–Crippen MR) is 71.9 cm³/mol. The van der Waals surface area contributed by atoms with Crippen LogP contribution in [0.4, 0.5) is 18.9 Å². The molecule has 21 heavy (non-hydrogen) atoms. The van der Waals surface area contributed by atoms with Gasteiger partial charge in [0.15, 0.2) is 0 Å². The third kappa shape index (κ3) is 4.07. The predicted octanol–water partition coefficient (Wildman–Crippen LogP) is 2.41. The first-order valence-electron chi connectivity index (χ1n) is 6.37. The molecule has 0 amide bonds. The zero-order valence-corrected chi connectivity index (χ0v) is 12.4. The summed E-state index contributed by atoms with van der Waals surface area (Å²) >= 11 is 0. The lowest BCUT2D eigenvalue weighted by Crippen LogP contribution is -2.34. The third-order valence-electron chi connectivity index (χ3n) is 3.26. The van der Waals surface area contributed by atoms with Crippen LogP contribution in [0.5, 0.6) is 0 Å². The first-order chi connectivity index (χ1) is 9.59. The highest BCUT2D eigenvalue weighted by molar-refractivity contribution is 7.90. The standard InChI is InChI=1S/C12H16F3N3O2S/c1-8-5-11(12(13,14)15)16-6-10(8)17-21(19,20)18(2)7-9-3-4-9/h5-6,9,17H,3-4,7H2,1-2H3. The molecule has 0 aromatic carbocycles. The van der Waals surface area contributed by atoms with E-state index in [1.54, 1.807) is 0 Å². The Hall–Kier alpha value is -1.35. The molecule has 1 saturated carbocycles. The van der Waals surface area contributed by atoms with Crippen LogP contribution in [-0.4, -0.2) is 31.3 Å². The van der Waals surface area contributed by atoms with E-state index < -0.39 is 22.1 Å². The Bertz CT molecular complexity index is 627. The number of aromatic nitrogens is 1. The maximum Gasteiger partial charge on any atom is 0.433 e. The summed E-state index contributed by atoms with van der Waals surface area (Å²) in [7, 11) is -2.34. The van der Waals surface area contributed by atoms with E-state index in [1.807, 2.05) is 0 Å². The van der Waals surface area contributed by atoms with Gasteiger partial charge in [0, 0.05) is 13.6 Å². The average molecular weight is 323 g/mol. The summed E-state index contributed by atoms with van der Waals surface area (Å²) in [6.45, 7) is 1.80. The number of nitrogens with zero attached hydrogens (tertiary/aromatic N) is 2. The van der Waals surface area contributed by atoms with Crippen LogP contribution in [0.25, 0.3) is 0 Å². The molecule has 1 fully saturated rings. The number of nitrogens with one attached hydrogen (secondary N) is 1. The van der Waals surface area contributed by atoms with Gasteiger partial charge in [0.25, 0.3) is 0 Å². The number of alkyl halides is 3. The van der Waals surface area contributed by atoms with Gasteiger partial charge in [0.2, 0.25) is 0 Å².